The first-order valence-electron chi connectivity index (χ1n) is 4.56. The van der Waals surface area contributed by atoms with Crippen LogP contribution in [0.3, 0.4) is 0 Å². The zero-order valence-electron chi connectivity index (χ0n) is 9.11. The monoisotopic (exact) mass is 218 g/mol. The maximum absolute atomic E-state index is 11.4. The molecule has 0 fully saturated rings. The summed E-state index contributed by atoms with van der Waals surface area (Å²) in [6, 6.07) is -0.0289. The van der Waals surface area contributed by atoms with Gasteiger partial charge in [0, 0.05) is 19.5 Å². The Morgan fingerprint density at radius 1 is 1.50 bits per heavy atom. The smallest absolute Gasteiger partial charge is 0.410 e. The van der Waals surface area contributed by atoms with Crippen LogP contribution in [0.15, 0.2) is 0 Å². The van der Waals surface area contributed by atoms with Gasteiger partial charge in [0.25, 0.3) is 0 Å². The average molecular weight is 218 g/mol. The summed E-state index contributed by atoms with van der Waals surface area (Å²) in [5, 5.41) is 0. The van der Waals surface area contributed by atoms with Gasteiger partial charge in [0.2, 0.25) is 0 Å². The molecule has 0 saturated heterocycles. The Morgan fingerprint density at radius 3 is 2.36 bits per heavy atom. The van der Waals surface area contributed by atoms with E-state index in [-0.39, 0.29) is 18.2 Å². The molecule has 0 aliphatic rings. The molecule has 4 nitrogen and oxygen atoms in total. The highest BCUT2D eigenvalue weighted by molar-refractivity contribution is 7.80. The number of thiocarbonyl (C=S) groups is 1. The molecule has 0 saturated carbocycles. The molecule has 0 spiro atoms. The third kappa shape index (κ3) is 5.01. The van der Waals surface area contributed by atoms with Gasteiger partial charge in [0.1, 0.15) is 0 Å². The SMILES string of the molecule is CC(C)OC(=O)N(C)C(C)CC(N)=S. The Bertz CT molecular complexity index is 219. The number of nitrogens with zero attached hydrogens (tertiary/aromatic N) is 1. The van der Waals surface area contributed by atoms with Crippen molar-refractivity contribution in [3.05, 3.63) is 0 Å². The van der Waals surface area contributed by atoms with Crippen molar-refractivity contribution >= 4 is 23.3 Å². The lowest BCUT2D eigenvalue weighted by Crippen LogP contribution is -2.38. The standard InChI is InChI=1S/C9H18N2O2S/c1-6(2)13-9(12)11(4)7(3)5-8(10)14/h6-7H,5H2,1-4H3,(H2,10,14). The number of hydrogen-bond acceptors (Lipinski definition) is 3. The predicted octanol–water partition coefficient (Wildman–Crippen LogP) is 1.53. The van der Waals surface area contributed by atoms with Crippen LogP contribution in [0.25, 0.3) is 0 Å². The van der Waals surface area contributed by atoms with E-state index in [9.17, 15) is 4.79 Å². The Labute approximate surface area is 90.4 Å². The predicted molar refractivity (Wildman–Crippen MR) is 60.2 cm³/mol. The minimum absolute atomic E-state index is 0.0289. The number of carbonyl (C=O) groups is 1. The van der Waals surface area contributed by atoms with Crippen LogP contribution >= 0.6 is 12.2 Å². The summed E-state index contributed by atoms with van der Waals surface area (Å²) in [5.74, 6) is 0. The minimum atomic E-state index is -0.344. The zero-order valence-corrected chi connectivity index (χ0v) is 9.93. The highest BCUT2D eigenvalue weighted by Crippen LogP contribution is 2.04. The van der Waals surface area contributed by atoms with Gasteiger partial charge in [0.05, 0.1) is 11.1 Å². The van der Waals surface area contributed by atoms with E-state index in [1.165, 1.54) is 4.90 Å². The summed E-state index contributed by atoms with van der Waals surface area (Å²) < 4.78 is 5.02. The molecule has 1 amide bonds. The zero-order chi connectivity index (χ0) is 11.3. The topological polar surface area (TPSA) is 55.6 Å². The van der Waals surface area contributed by atoms with E-state index >= 15 is 0 Å². The third-order valence-electron chi connectivity index (χ3n) is 1.78. The van der Waals surface area contributed by atoms with E-state index in [0.29, 0.717) is 11.4 Å². The van der Waals surface area contributed by atoms with Crippen LogP contribution in [-0.4, -0.2) is 35.2 Å². The van der Waals surface area contributed by atoms with Crippen molar-refractivity contribution in [3.63, 3.8) is 0 Å². The number of nitrogens with two attached hydrogens (primary N) is 1. The molecule has 82 valence electrons. The fraction of sp³-hybridized carbons (Fsp3) is 0.778. The van der Waals surface area contributed by atoms with Crippen LogP contribution in [0.5, 0.6) is 0 Å². The van der Waals surface area contributed by atoms with Gasteiger partial charge in [-0.05, 0) is 20.8 Å². The van der Waals surface area contributed by atoms with Crippen molar-refractivity contribution in [2.24, 2.45) is 5.73 Å². The van der Waals surface area contributed by atoms with Gasteiger partial charge in [-0.15, -0.1) is 0 Å². The average Bonchev–Trinajstić information content (AvgIpc) is 2.00. The van der Waals surface area contributed by atoms with E-state index < -0.39 is 0 Å². The van der Waals surface area contributed by atoms with Crippen LogP contribution in [0.2, 0.25) is 0 Å². The largest absolute Gasteiger partial charge is 0.447 e. The van der Waals surface area contributed by atoms with Gasteiger partial charge in [-0.3, -0.25) is 0 Å². The molecule has 1 atom stereocenters. The molecule has 14 heavy (non-hydrogen) atoms. The fourth-order valence-electron chi connectivity index (χ4n) is 0.893. The number of carbonyl (C=O) groups excluding carboxylic acids is 1. The Morgan fingerprint density at radius 2 is 2.00 bits per heavy atom. The highest BCUT2D eigenvalue weighted by atomic mass is 32.1. The number of hydrogen-bond donors (Lipinski definition) is 1. The molecule has 0 radical (unpaired) electrons. The van der Waals surface area contributed by atoms with Crippen molar-refractivity contribution in [2.75, 3.05) is 7.05 Å². The molecule has 0 aliphatic carbocycles. The molecular weight excluding hydrogens is 200 g/mol. The summed E-state index contributed by atoms with van der Waals surface area (Å²) in [6.45, 7) is 5.49. The van der Waals surface area contributed by atoms with Crippen LogP contribution in [0, 0.1) is 0 Å². The van der Waals surface area contributed by atoms with Crippen LogP contribution < -0.4 is 5.73 Å². The maximum atomic E-state index is 11.4. The minimum Gasteiger partial charge on any atom is -0.447 e. The molecule has 0 rings (SSSR count). The Kier molecular flexibility index (Phi) is 5.45. The molecule has 1 unspecified atom stereocenters. The summed E-state index contributed by atoms with van der Waals surface area (Å²) in [5.41, 5.74) is 5.39. The van der Waals surface area contributed by atoms with E-state index in [2.05, 4.69) is 0 Å². The van der Waals surface area contributed by atoms with Gasteiger partial charge in [-0.25, -0.2) is 4.79 Å². The summed E-state index contributed by atoms with van der Waals surface area (Å²) in [7, 11) is 1.67. The highest BCUT2D eigenvalue weighted by Gasteiger charge is 2.18. The van der Waals surface area contributed by atoms with Gasteiger partial charge >= 0.3 is 6.09 Å². The molecule has 0 bridgehead atoms. The van der Waals surface area contributed by atoms with E-state index in [4.69, 9.17) is 22.7 Å². The van der Waals surface area contributed by atoms with E-state index in [1.54, 1.807) is 7.05 Å². The van der Waals surface area contributed by atoms with Gasteiger partial charge in [-0.1, -0.05) is 12.2 Å². The van der Waals surface area contributed by atoms with E-state index in [1.807, 2.05) is 20.8 Å². The second kappa shape index (κ2) is 5.80. The summed E-state index contributed by atoms with van der Waals surface area (Å²) >= 11 is 4.76. The molecule has 0 aromatic rings. The first kappa shape index (κ1) is 13.2. The number of rotatable bonds is 4. The number of ether oxygens (including phenoxy) is 1. The first-order chi connectivity index (χ1) is 6.34. The molecular formula is C9H18N2O2S. The van der Waals surface area contributed by atoms with Crippen molar-refractivity contribution in [3.8, 4) is 0 Å². The van der Waals surface area contributed by atoms with Gasteiger partial charge in [0.15, 0.2) is 0 Å². The Balaban J connectivity index is 4.10. The molecule has 0 aromatic carbocycles. The summed E-state index contributed by atoms with van der Waals surface area (Å²) in [6.07, 6.45) is 0.0599. The van der Waals surface area contributed by atoms with Crippen molar-refractivity contribution < 1.29 is 9.53 Å². The maximum Gasteiger partial charge on any atom is 0.410 e. The quantitative estimate of drug-likeness (QED) is 0.727. The van der Waals surface area contributed by atoms with Crippen LogP contribution in [-0.2, 0) is 4.74 Å². The van der Waals surface area contributed by atoms with E-state index in [0.717, 1.165) is 0 Å². The normalized spacial score (nSPS) is 12.4. The number of amides is 1. The first-order valence-corrected chi connectivity index (χ1v) is 4.97. The van der Waals surface area contributed by atoms with Crippen LogP contribution in [0.4, 0.5) is 4.79 Å². The molecule has 5 heteroatoms. The summed E-state index contributed by atoms with van der Waals surface area (Å²) in [4.78, 5) is 13.3. The van der Waals surface area contributed by atoms with Gasteiger partial charge in [-0.2, -0.15) is 0 Å². The molecule has 0 aliphatic heterocycles. The molecule has 0 heterocycles. The lowest BCUT2D eigenvalue weighted by atomic mass is 10.2. The lowest BCUT2D eigenvalue weighted by Gasteiger charge is -2.24. The molecule has 2 N–H and O–H groups in total. The Hall–Kier alpha value is -0.840. The van der Waals surface area contributed by atoms with Crippen LogP contribution in [0.1, 0.15) is 27.2 Å². The molecule has 0 aromatic heterocycles. The van der Waals surface area contributed by atoms with Crippen molar-refractivity contribution in [1.29, 1.82) is 0 Å². The van der Waals surface area contributed by atoms with Crippen molar-refractivity contribution in [2.45, 2.75) is 39.3 Å². The third-order valence-corrected chi connectivity index (χ3v) is 1.95. The lowest BCUT2D eigenvalue weighted by molar-refractivity contribution is 0.0754. The second-order valence-electron chi connectivity index (χ2n) is 3.56. The van der Waals surface area contributed by atoms with Gasteiger partial charge < -0.3 is 15.4 Å². The fourth-order valence-corrected chi connectivity index (χ4v) is 1.13. The second-order valence-corrected chi connectivity index (χ2v) is 4.09. The van der Waals surface area contributed by atoms with Crippen molar-refractivity contribution in [1.82, 2.24) is 4.90 Å².